The molecule has 7 nitrogen and oxygen atoms in total. The van der Waals surface area contributed by atoms with E-state index in [9.17, 15) is 4.79 Å². The predicted octanol–water partition coefficient (Wildman–Crippen LogP) is 5.59. The molecule has 1 amide bonds. The molecule has 7 heteroatoms. The van der Waals surface area contributed by atoms with Crippen LogP contribution in [0.2, 0.25) is 0 Å². The summed E-state index contributed by atoms with van der Waals surface area (Å²) in [6.07, 6.45) is 12.5. The average Bonchev–Trinajstić information content (AvgIpc) is 3.82. The third-order valence-electron chi connectivity index (χ3n) is 8.99. The van der Waals surface area contributed by atoms with Gasteiger partial charge in [-0.25, -0.2) is 9.97 Å². The minimum absolute atomic E-state index is 0.0817. The highest BCUT2D eigenvalue weighted by Crippen LogP contribution is 2.40. The SMILES string of the molecule is Cc1nc(C2CC2)ncc1C(=O)N1CCC2(CCCCc3ccccc3OCCN(Cc3ccccn3)C2)CC1. The second kappa shape index (κ2) is 12.0. The Labute approximate surface area is 238 Å². The van der Waals surface area contributed by atoms with Gasteiger partial charge >= 0.3 is 0 Å². The number of hydrogen-bond donors (Lipinski definition) is 0. The molecule has 0 atom stereocenters. The van der Waals surface area contributed by atoms with Gasteiger partial charge in [0.1, 0.15) is 18.2 Å². The van der Waals surface area contributed by atoms with Crippen LogP contribution in [0.5, 0.6) is 5.75 Å². The summed E-state index contributed by atoms with van der Waals surface area (Å²) in [6.45, 7) is 6.81. The standard InChI is InChI=1S/C33H41N5O2/c1-25-29(22-35-31(36-25)27-12-13-27)32(39)38-18-15-33(16-19-38)14-6-4-9-26-8-2-3-11-30(26)40-21-20-37(24-33)23-28-10-5-7-17-34-28/h2-3,5,7-8,10-11,17,22,27H,4,6,9,12-16,18-21,23-24H2,1H3. The highest BCUT2D eigenvalue weighted by atomic mass is 16.5. The molecule has 1 spiro atoms. The second-order valence-electron chi connectivity index (χ2n) is 12.0. The van der Waals surface area contributed by atoms with E-state index < -0.39 is 0 Å². The van der Waals surface area contributed by atoms with Gasteiger partial charge in [0, 0.05) is 51.0 Å². The lowest BCUT2D eigenvalue weighted by Crippen LogP contribution is -2.48. The number of aryl methyl sites for hydroxylation is 2. The van der Waals surface area contributed by atoms with Crippen LogP contribution >= 0.6 is 0 Å². The first-order valence-corrected chi connectivity index (χ1v) is 15.0. The quantitative estimate of drug-likeness (QED) is 0.431. The van der Waals surface area contributed by atoms with Crippen molar-refractivity contribution < 1.29 is 9.53 Å². The Morgan fingerprint density at radius 1 is 1.00 bits per heavy atom. The molecule has 210 valence electrons. The number of fused-ring (bicyclic) bond motifs is 1. The maximum atomic E-state index is 13.5. The van der Waals surface area contributed by atoms with Crippen LogP contribution in [0.3, 0.4) is 0 Å². The summed E-state index contributed by atoms with van der Waals surface area (Å²) in [6, 6.07) is 14.6. The highest BCUT2D eigenvalue weighted by molar-refractivity contribution is 5.95. The third-order valence-corrected chi connectivity index (χ3v) is 8.99. The van der Waals surface area contributed by atoms with E-state index in [4.69, 9.17) is 4.74 Å². The average molecular weight is 540 g/mol. The first-order valence-electron chi connectivity index (χ1n) is 15.0. The zero-order valence-corrected chi connectivity index (χ0v) is 23.7. The van der Waals surface area contributed by atoms with Crippen LogP contribution in [-0.4, -0.2) is 63.4 Å². The van der Waals surface area contributed by atoms with E-state index >= 15 is 0 Å². The first-order chi connectivity index (χ1) is 19.6. The number of ether oxygens (including phenoxy) is 1. The molecule has 4 heterocycles. The van der Waals surface area contributed by atoms with E-state index in [-0.39, 0.29) is 11.3 Å². The Kier molecular flexibility index (Phi) is 8.10. The molecule has 1 saturated carbocycles. The number of carbonyl (C=O) groups excluding carboxylic acids is 1. The Morgan fingerprint density at radius 2 is 1.82 bits per heavy atom. The number of likely N-dealkylation sites (tertiary alicyclic amines) is 1. The van der Waals surface area contributed by atoms with E-state index in [1.165, 1.54) is 18.4 Å². The van der Waals surface area contributed by atoms with Crippen LogP contribution in [0.4, 0.5) is 0 Å². The zero-order valence-electron chi connectivity index (χ0n) is 23.7. The lowest BCUT2D eigenvalue weighted by molar-refractivity contribution is 0.0357. The second-order valence-corrected chi connectivity index (χ2v) is 12.0. The van der Waals surface area contributed by atoms with Gasteiger partial charge in [-0.1, -0.05) is 30.7 Å². The summed E-state index contributed by atoms with van der Waals surface area (Å²) < 4.78 is 6.31. The van der Waals surface area contributed by atoms with Crippen LogP contribution in [0.1, 0.15) is 84.0 Å². The lowest BCUT2D eigenvalue weighted by Gasteiger charge is -2.45. The van der Waals surface area contributed by atoms with E-state index in [1.54, 1.807) is 6.20 Å². The van der Waals surface area contributed by atoms with Crippen LogP contribution in [0.15, 0.2) is 54.9 Å². The number of hydrogen-bond acceptors (Lipinski definition) is 6. The van der Waals surface area contributed by atoms with Crippen LogP contribution in [0, 0.1) is 12.3 Å². The van der Waals surface area contributed by atoms with Crippen LogP contribution < -0.4 is 4.74 Å². The zero-order chi connectivity index (χ0) is 27.4. The predicted molar refractivity (Wildman–Crippen MR) is 155 cm³/mol. The summed E-state index contributed by atoms with van der Waals surface area (Å²) in [5.41, 5.74) is 4.04. The first kappa shape index (κ1) is 26.9. The normalized spacial score (nSPS) is 20.2. The number of para-hydroxylation sites is 1. The van der Waals surface area contributed by atoms with Gasteiger partial charge in [-0.3, -0.25) is 14.7 Å². The maximum Gasteiger partial charge on any atom is 0.257 e. The summed E-state index contributed by atoms with van der Waals surface area (Å²) in [4.78, 5) is 31.9. The smallest absolute Gasteiger partial charge is 0.257 e. The molecule has 40 heavy (non-hydrogen) atoms. The van der Waals surface area contributed by atoms with Gasteiger partial charge in [0.15, 0.2) is 0 Å². The maximum absolute atomic E-state index is 13.5. The van der Waals surface area contributed by atoms with Crippen molar-refractivity contribution in [3.05, 3.63) is 83.2 Å². The number of piperidine rings is 1. The van der Waals surface area contributed by atoms with E-state index in [0.717, 1.165) is 94.2 Å². The minimum Gasteiger partial charge on any atom is -0.492 e. The largest absolute Gasteiger partial charge is 0.492 e. The lowest BCUT2D eigenvalue weighted by atomic mass is 9.73. The van der Waals surface area contributed by atoms with Gasteiger partial charge in [-0.15, -0.1) is 0 Å². The van der Waals surface area contributed by atoms with Gasteiger partial charge < -0.3 is 9.64 Å². The fourth-order valence-corrected chi connectivity index (χ4v) is 6.44. The van der Waals surface area contributed by atoms with Crippen molar-refractivity contribution in [2.24, 2.45) is 5.41 Å². The molecule has 6 rings (SSSR count). The number of benzene rings is 1. The molecule has 2 aliphatic heterocycles. The van der Waals surface area contributed by atoms with Crippen molar-refractivity contribution in [3.8, 4) is 5.75 Å². The monoisotopic (exact) mass is 539 g/mol. The molecule has 3 aromatic rings. The van der Waals surface area contributed by atoms with Crippen molar-refractivity contribution in [2.75, 3.05) is 32.8 Å². The number of amides is 1. The molecular formula is C33H41N5O2. The summed E-state index contributed by atoms with van der Waals surface area (Å²) >= 11 is 0. The number of pyridine rings is 1. The van der Waals surface area contributed by atoms with Crippen molar-refractivity contribution in [3.63, 3.8) is 0 Å². The summed E-state index contributed by atoms with van der Waals surface area (Å²) in [7, 11) is 0. The van der Waals surface area contributed by atoms with Gasteiger partial charge in [-0.2, -0.15) is 0 Å². The minimum atomic E-state index is 0.0817. The molecule has 2 fully saturated rings. The molecule has 0 radical (unpaired) electrons. The Morgan fingerprint density at radius 3 is 2.60 bits per heavy atom. The molecule has 0 unspecified atom stereocenters. The molecule has 0 N–H and O–H groups in total. The fourth-order valence-electron chi connectivity index (χ4n) is 6.44. The van der Waals surface area contributed by atoms with Gasteiger partial charge in [0.25, 0.3) is 5.91 Å². The van der Waals surface area contributed by atoms with E-state index in [0.29, 0.717) is 18.1 Å². The van der Waals surface area contributed by atoms with Crippen molar-refractivity contribution in [1.29, 1.82) is 0 Å². The number of aromatic nitrogens is 3. The van der Waals surface area contributed by atoms with Gasteiger partial charge in [-0.05, 0) is 81.0 Å². The topological polar surface area (TPSA) is 71.5 Å². The molecule has 1 aromatic carbocycles. The summed E-state index contributed by atoms with van der Waals surface area (Å²) in [5, 5.41) is 0. The van der Waals surface area contributed by atoms with Crippen LogP contribution in [-0.2, 0) is 13.0 Å². The fraction of sp³-hybridized carbons (Fsp3) is 0.515. The molecule has 3 aliphatic rings. The van der Waals surface area contributed by atoms with E-state index in [1.807, 2.05) is 24.1 Å². The molecule has 1 saturated heterocycles. The van der Waals surface area contributed by atoms with Crippen molar-refractivity contribution >= 4 is 5.91 Å². The van der Waals surface area contributed by atoms with Gasteiger partial charge in [0.2, 0.25) is 0 Å². The Balaban J connectivity index is 1.17. The number of nitrogens with zero attached hydrogens (tertiary/aromatic N) is 5. The van der Waals surface area contributed by atoms with Crippen molar-refractivity contribution in [2.45, 2.75) is 70.8 Å². The molecular weight excluding hydrogens is 498 g/mol. The molecule has 2 aromatic heterocycles. The number of rotatable bonds is 4. The van der Waals surface area contributed by atoms with Crippen molar-refractivity contribution in [1.82, 2.24) is 24.8 Å². The van der Waals surface area contributed by atoms with Gasteiger partial charge in [0.05, 0.1) is 17.0 Å². The number of carbonyl (C=O) groups is 1. The summed E-state index contributed by atoms with van der Waals surface area (Å²) in [5.74, 6) is 2.50. The molecule has 0 bridgehead atoms. The highest BCUT2D eigenvalue weighted by Gasteiger charge is 2.38. The Bertz CT molecular complexity index is 1300. The van der Waals surface area contributed by atoms with E-state index in [2.05, 4.69) is 56.3 Å². The Hall–Kier alpha value is -3.32. The molecule has 1 aliphatic carbocycles. The van der Waals surface area contributed by atoms with Crippen LogP contribution in [0.25, 0.3) is 0 Å². The third kappa shape index (κ3) is 6.35.